The summed E-state index contributed by atoms with van der Waals surface area (Å²) in [4.78, 5) is 0. The van der Waals surface area contributed by atoms with E-state index in [0.717, 1.165) is 49.4 Å². The fraction of sp³-hybridized carbons (Fsp3) is 0.538. The van der Waals surface area contributed by atoms with Crippen molar-refractivity contribution in [2.75, 3.05) is 33.4 Å². The van der Waals surface area contributed by atoms with E-state index in [2.05, 4.69) is 33.4 Å². The summed E-state index contributed by atoms with van der Waals surface area (Å²) in [7, 11) is 1.72. The van der Waals surface area contributed by atoms with Crippen LogP contribution in [0.1, 0.15) is 11.1 Å². The van der Waals surface area contributed by atoms with Gasteiger partial charge in [0.2, 0.25) is 0 Å². The van der Waals surface area contributed by atoms with Crippen LogP contribution < -0.4 is 10.1 Å². The predicted molar refractivity (Wildman–Crippen MR) is 71.8 cm³/mol. The van der Waals surface area contributed by atoms with Crippen LogP contribution in [-0.2, 0) is 17.6 Å². The zero-order valence-electron chi connectivity index (χ0n) is 10.1. The van der Waals surface area contributed by atoms with Gasteiger partial charge in [-0.3, -0.25) is 0 Å². The van der Waals surface area contributed by atoms with Gasteiger partial charge in [0.1, 0.15) is 5.75 Å². The van der Waals surface area contributed by atoms with Gasteiger partial charge in [-0.05, 0) is 36.2 Å². The summed E-state index contributed by atoms with van der Waals surface area (Å²) in [5.74, 6) is 1.10. The van der Waals surface area contributed by atoms with Gasteiger partial charge in [-0.1, -0.05) is 15.9 Å². The van der Waals surface area contributed by atoms with Crippen LogP contribution >= 0.6 is 15.9 Å². The number of fused-ring (bicyclic) bond motifs is 1. The Hall–Kier alpha value is -0.580. The number of halogens is 1. The Kier molecular flexibility index (Phi) is 4.83. The van der Waals surface area contributed by atoms with Crippen LogP contribution in [-0.4, -0.2) is 33.4 Å². The fourth-order valence-electron chi connectivity index (χ4n) is 2.05. The highest BCUT2D eigenvalue weighted by atomic mass is 79.9. The molecule has 2 rings (SSSR count). The summed E-state index contributed by atoms with van der Waals surface area (Å²) in [6, 6.07) is 4.31. The van der Waals surface area contributed by atoms with E-state index >= 15 is 0 Å². The molecule has 0 aliphatic carbocycles. The topological polar surface area (TPSA) is 30.5 Å². The van der Waals surface area contributed by atoms with Gasteiger partial charge in [-0.2, -0.15) is 0 Å². The lowest BCUT2D eigenvalue weighted by Crippen LogP contribution is -2.21. The number of methoxy groups -OCH3 is 1. The van der Waals surface area contributed by atoms with Gasteiger partial charge in [0.15, 0.2) is 0 Å². The van der Waals surface area contributed by atoms with E-state index in [0.29, 0.717) is 0 Å². The third-order valence-corrected chi connectivity index (χ3v) is 3.34. The Morgan fingerprint density at radius 2 is 2.29 bits per heavy atom. The summed E-state index contributed by atoms with van der Waals surface area (Å²) in [5.41, 5.74) is 2.61. The van der Waals surface area contributed by atoms with Crippen LogP contribution in [0.2, 0.25) is 0 Å². The van der Waals surface area contributed by atoms with Crippen molar-refractivity contribution in [1.82, 2.24) is 5.32 Å². The van der Waals surface area contributed by atoms with Gasteiger partial charge in [0, 0.05) is 24.5 Å². The molecule has 0 bridgehead atoms. The number of hydrogen-bond donors (Lipinski definition) is 1. The molecule has 0 unspecified atom stereocenters. The second-order valence-corrected chi connectivity index (χ2v) is 5.06. The van der Waals surface area contributed by atoms with E-state index in [-0.39, 0.29) is 0 Å². The maximum atomic E-state index is 5.69. The van der Waals surface area contributed by atoms with E-state index in [1.165, 1.54) is 11.1 Å². The Bertz CT molecular complexity index is 382. The van der Waals surface area contributed by atoms with E-state index in [1.54, 1.807) is 7.11 Å². The van der Waals surface area contributed by atoms with Crippen LogP contribution in [0.25, 0.3) is 0 Å². The second-order valence-electron chi connectivity index (χ2n) is 4.14. The van der Waals surface area contributed by atoms with E-state index in [9.17, 15) is 0 Å². The molecule has 17 heavy (non-hydrogen) atoms. The summed E-state index contributed by atoms with van der Waals surface area (Å²) >= 11 is 3.55. The predicted octanol–water partition coefficient (Wildman–Crippen LogP) is 2.16. The normalized spacial score (nSPS) is 13.5. The van der Waals surface area contributed by atoms with Gasteiger partial charge in [-0.15, -0.1) is 0 Å². The summed E-state index contributed by atoms with van der Waals surface area (Å²) in [6.45, 7) is 3.42. The van der Waals surface area contributed by atoms with Gasteiger partial charge >= 0.3 is 0 Å². The summed E-state index contributed by atoms with van der Waals surface area (Å²) in [6.07, 6.45) is 2.02. The molecule has 94 valence electrons. The first-order valence-corrected chi connectivity index (χ1v) is 6.74. The lowest BCUT2D eigenvalue weighted by molar-refractivity contribution is 0.199. The van der Waals surface area contributed by atoms with Crippen molar-refractivity contribution in [3.63, 3.8) is 0 Å². The first-order chi connectivity index (χ1) is 8.31. The Morgan fingerprint density at radius 1 is 1.41 bits per heavy atom. The average Bonchev–Trinajstić information content (AvgIpc) is 2.76. The van der Waals surface area contributed by atoms with Crippen LogP contribution in [0.5, 0.6) is 5.75 Å². The molecule has 1 heterocycles. The second kappa shape index (κ2) is 6.38. The van der Waals surface area contributed by atoms with Crippen molar-refractivity contribution in [3.8, 4) is 5.75 Å². The Morgan fingerprint density at radius 3 is 3.12 bits per heavy atom. The van der Waals surface area contributed by atoms with Gasteiger partial charge in [0.25, 0.3) is 0 Å². The molecule has 0 fully saturated rings. The zero-order chi connectivity index (χ0) is 12.1. The quantitative estimate of drug-likeness (QED) is 0.817. The molecule has 0 saturated heterocycles. The van der Waals surface area contributed by atoms with Crippen molar-refractivity contribution in [1.29, 1.82) is 0 Å². The van der Waals surface area contributed by atoms with Gasteiger partial charge in [-0.25, -0.2) is 0 Å². The van der Waals surface area contributed by atoms with E-state index in [4.69, 9.17) is 9.47 Å². The monoisotopic (exact) mass is 299 g/mol. The van der Waals surface area contributed by atoms with Crippen molar-refractivity contribution in [3.05, 3.63) is 27.7 Å². The summed E-state index contributed by atoms with van der Waals surface area (Å²) < 4.78 is 11.8. The molecule has 3 nitrogen and oxygen atoms in total. The van der Waals surface area contributed by atoms with Crippen LogP contribution in [0.3, 0.4) is 0 Å². The molecule has 0 radical (unpaired) electrons. The molecule has 1 aliphatic heterocycles. The van der Waals surface area contributed by atoms with Crippen LogP contribution in [0.4, 0.5) is 0 Å². The highest BCUT2D eigenvalue weighted by Gasteiger charge is 2.16. The highest BCUT2D eigenvalue weighted by molar-refractivity contribution is 9.10. The SMILES string of the molecule is COCCNCCc1cc(Br)cc2c1OCC2. The number of hydrogen-bond acceptors (Lipinski definition) is 3. The van der Waals surface area contributed by atoms with Crippen molar-refractivity contribution >= 4 is 15.9 Å². The van der Waals surface area contributed by atoms with Crippen molar-refractivity contribution in [2.24, 2.45) is 0 Å². The minimum Gasteiger partial charge on any atom is -0.493 e. The molecule has 1 aromatic carbocycles. The lowest BCUT2D eigenvalue weighted by atomic mass is 10.1. The number of ether oxygens (including phenoxy) is 2. The molecule has 0 amide bonds. The fourth-order valence-corrected chi connectivity index (χ4v) is 2.61. The molecule has 0 saturated carbocycles. The lowest BCUT2D eigenvalue weighted by Gasteiger charge is -2.09. The standard InChI is InChI=1S/C13H18BrNO2/c1-16-7-5-15-4-2-10-8-12(14)9-11-3-6-17-13(10)11/h8-9,15H,2-7H2,1H3. The minimum atomic E-state index is 0.757. The first kappa shape index (κ1) is 12.9. The molecule has 0 atom stereocenters. The average molecular weight is 300 g/mol. The minimum absolute atomic E-state index is 0.757. The third-order valence-electron chi connectivity index (χ3n) is 2.88. The highest BCUT2D eigenvalue weighted by Crippen LogP contribution is 2.33. The molecule has 1 aromatic rings. The van der Waals surface area contributed by atoms with Crippen molar-refractivity contribution < 1.29 is 9.47 Å². The third kappa shape index (κ3) is 3.44. The van der Waals surface area contributed by atoms with Gasteiger partial charge < -0.3 is 14.8 Å². The summed E-state index contributed by atoms with van der Waals surface area (Å²) in [5, 5.41) is 3.35. The number of rotatable bonds is 6. The van der Waals surface area contributed by atoms with E-state index < -0.39 is 0 Å². The maximum absolute atomic E-state index is 5.69. The molecule has 0 aromatic heterocycles. The molecular weight excluding hydrogens is 282 g/mol. The molecule has 0 spiro atoms. The Labute approximate surface area is 111 Å². The smallest absolute Gasteiger partial charge is 0.125 e. The largest absolute Gasteiger partial charge is 0.493 e. The maximum Gasteiger partial charge on any atom is 0.125 e. The van der Waals surface area contributed by atoms with Gasteiger partial charge in [0.05, 0.1) is 13.2 Å². The molecule has 1 N–H and O–H groups in total. The number of benzene rings is 1. The van der Waals surface area contributed by atoms with E-state index in [1.807, 2.05) is 0 Å². The Balaban J connectivity index is 1.92. The first-order valence-electron chi connectivity index (χ1n) is 5.95. The number of nitrogens with one attached hydrogen (secondary N) is 1. The molecular formula is C13H18BrNO2. The van der Waals surface area contributed by atoms with Crippen LogP contribution in [0.15, 0.2) is 16.6 Å². The zero-order valence-corrected chi connectivity index (χ0v) is 11.7. The molecule has 1 aliphatic rings. The van der Waals surface area contributed by atoms with Crippen molar-refractivity contribution in [2.45, 2.75) is 12.8 Å². The van der Waals surface area contributed by atoms with Crippen LogP contribution in [0, 0.1) is 0 Å². The molecule has 4 heteroatoms.